The van der Waals surface area contributed by atoms with Crippen LogP contribution in [-0.4, -0.2) is 30.1 Å². The average Bonchev–Trinajstić information content (AvgIpc) is 3.34. The number of carbonyl (C=O) groups excluding carboxylic acids is 2. The second-order valence-corrected chi connectivity index (χ2v) is 6.63. The fourth-order valence-electron chi connectivity index (χ4n) is 3.07. The van der Waals surface area contributed by atoms with Crippen LogP contribution in [0.2, 0.25) is 5.02 Å². The van der Waals surface area contributed by atoms with Gasteiger partial charge in [0.25, 0.3) is 5.91 Å². The van der Waals surface area contributed by atoms with E-state index >= 15 is 0 Å². The lowest BCUT2D eigenvalue weighted by Crippen LogP contribution is -2.39. The van der Waals surface area contributed by atoms with Crippen LogP contribution in [0.25, 0.3) is 11.3 Å². The minimum absolute atomic E-state index is 0.101. The summed E-state index contributed by atoms with van der Waals surface area (Å²) < 4.78 is 5.22. The first-order valence-electron chi connectivity index (χ1n) is 8.51. The summed E-state index contributed by atoms with van der Waals surface area (Å²) in [5.74, 6) is -0.161. The number of para-hydroxylation sites is 1. The average molecular weight is 382 g/mol. The molecule has 27 heavy (non-hydrogen) atoms. The van der Waals surface area contributed by atoms with E-state index in [4.69, 9.17) is 16.1 Å². The van der Waals surface area contributed by atoms with Crippen molar-refractivity contribution < 1.29 is 14.1 Å². The molecule has 2 amide bonds. The summed E-state index contributed by atoms with van der Waals surface area (Å²) in [6, 6.07) is 16.3. The maximum atomic E-state index is 12.5. The second-order valence-electron chi connectivity index (χ2n) is 6.19. The van der Waals surface area contributed by atoms with Gasteiger partial charge in [-0.05, 0) is 42.3 Å². The molecule has 1 N–H and O–H groups in total. The van der Waals surface area contributed by atoms with E-state index in [9.17, 15) is 9.59 Å². The van der Waals surface area contributed by atoms with Crippen LogP contribution in [0.15, 0.2) is 59.1 Å². The Morgan fingerprint density at radius 2 is 1.93 bits per heavy atom. The Morgan fingerprint density at radius 3 is 2.74 bits per heavy atom. The quantitative estimate of drug-likeness (QED) is 0.752. The lowest BCUT2D eigenvalue weighted by Gasteiger charge is -2.17. The monoisotopic (exact) mass is 381 g/mol. The molecule has 1 aliphatic rings. The standard InChI is InChI=1S/C20H16ClN3O3/c21-15-7-5-14(6-8-15)18-11-16(23-27-18)20(26)22-12-19(25)24-10-9-13-3-1-2-4-17(13)24/h1-8,11H,9-10,12H2,(H,22,26). The van der Waals surface area contributed by atoms with Crippen LogP contribution < -0.4 is 10.2 Å². The summed E-state index contributed by atoms with van der Waals surface area (Å²) in [7, 11) is 0. The predicted molar refractivity (Wildman–Crippen MR) is 102 cm³/mol. The molecule has 1 aromatic heterocycles. The van der Waals surface area contributed by atoms with Crippen molar-refractivity contribution in [1.29, 1.82) is 0 Å². The Kier molecular flexibility index (Phi) is 4.64. The number of hydrogen-bond donors (Lipinski definition) is 1. The number of anilines is 1. The largest absolute Gasteiger partial charge is 0.355 e. The van der Waals surface area contributed by atoms with Gasteiger partial charge in [-0.3, -0.25) is 9.59 Å². The number of amides is 2. The summed E-state index contributed by atoms with van der Waals surface area (Å²) in [6.45, 7) is 0.523. The van der Waals surface area contributed by atoms with Crippen molar-refractivity contribution in [1.82, 2.24) is 10.5 Å². The highest BCUT2D eigenvalue weighted by molar-refractivity contribution is 6.30. The summed E-state index contributed by atoms with van der Waals surface area (Å²) in [5, 5.41) is 7.00. The first-order chi connectivity index (χ1) is 13.1. The van der Waals surface area contributed by atoms with E-state index in [1.807, 2.05) is 24.3 Å². The van der Waals surface area contributed by atoms with Gasteiger partial charge in [-0.2, -0.15) is 0 Å². The highest BCUT2D eigenvalue weighted by Gasteiger charge is 2.24. The summed E-state index contributed by atoms with van der Waals surface area (Å²) >= 11 is 5.86. The zero-order valence-electron chi connectivity index (χ0n) is 14.3. The van der Waals surface area contributed by atoms with Crippen molar-refractivity contribution >= 4 is 29.1 Å². The highest BCUT2D eigenvalue weighted by atomic mass is 35.5. The molecule has 0 saturated carbocycles. The number of hydrogen-bond acceptors (Lipinski definition) is 4. The SMILES string of the molecule is O=C(NCC(=O)N1CCc2ccccc21)c1cc(-c2ccc(Cl)cc2)on1. The van der Waals surface area contributed by atoms with Crippen LogP contribution in [0.5, 0.6) is 0 Å². The first kappa shape index (κ1) is 17.3. The third kappa shape index (κ3) is 3.57. The molecule has 1 aliphatic heterocycles. The number of fused-ring (bicyclic) bond motifs is 1. The van der Waals surface area contributed by atoms with Gasteiger partial charge in [0.2, 0.25) is 5.91 Å². The summed E-state index contributed by atoms with van der Waals surface area (Å²) in [6.07, 6.45) is 0.823. The third-order valence-electron chi connectivity index (χ3n) is 4.46. The lowest BCUT2D eigenvalue weighted by molar-refractivity contribution is -0.117. The predicted octanol–water partition coefficient (Wildman–Crippen LogP) is 3.31. The maximum Gasteiger partial charge on any atom is 0.273 e. The Morgan fingerprint density at radius 1 is 1.15 bits per heavy atom. The minimum atomic E-state index is -0.459. The van der Waals surface area contributed by atoms with E-state index in [0.29, 0.717) is 17.3 Å². The van der Waals surface area contributed by atoms with Crippen LogP contribution in [0.3, 0.4) is 0 Å². The molecule has 4 rings (SSSR count). The van der Waals surface area contributed by atoms with E-state index in [1.54, 1.807) is 29.2 Å². The maximum absolute atomic E-state index is 12.5. The second kappa shape index (κ2) is 7.25. The molecule has 7 heteroatoms. The van der Waals surface area contributed by atoms with E-state index in [2.05, 4.69) is 10.5 Å². The van der Waals surface area contributed by atoms with Gasteiger partial charge in [-0.1, -0.05) is 35.0 Å². The highest BCUT2D eigenvalue weighted by Crippen LogP contribution is 2.27. The topological polar surface area (TPSA) is 75.4 Å². The first-order valence-corrected chi connectivity index (χ1v) is 8.89. The summed E-state index contributed by atoms with van der Waals surface area (Å²) in [5.41, 5.74) is 2.93. The zero-order valence-corrected chi connectivity index (χ0v) is 15.1. The van der Waals surface area contributed by atoms with Crippen LogP contribution in [-0.2, 0) is 11.2 Å². The Labute approximate surface area is 160 Å². The molecule has 0 unspecified atom stereocenters. The van der Waals surface area contributed by atoms with Crippen molar-refractivity contribution in [3.05, 3.63) is 70.9 Å². The molecular formula is C20H16ClN3O3. The van der Waals surface area contributed by atoms with Crippen LogP contribution in [0, 0.1) is 0 Å². The fourth-order valence-corrected chi connectivity index (χ4v) is 3.20. The van der Waals surface area contributed by atoms with Crippen LogP contribution in [0.4, 0.5) is 5.69 Å². The van der Waals surface area contributed by atoms with Crippen molar-refractivity contribution in [2.75, 3.05) is 18.0 Å². The van der Waals surface area contributed by atoms with Gasteiger partial charge in [-0.25, -0.2) is 0 Å². The van der Waals surface area contributed by atoms with Crippen molar-refractivity contribution in [3.63, 3.8) is 0 Å². The number of nitrogens with zero attached hydrogens (tertiary/aromatic N) is 2. The Bertz CT molecular complexity index is 998. The van der Waals surface area contributed by atoms with Crippen molar-refractivity contribution in [2.45, 2.75) is 6.42 Å². The number of benzene rings is 2. The van der Waals surface area contributed by atoms with Gasteiger partial charge in [-0.15, -0.1) is 0 Å². The van der Waals surface area contributed by atoms with Crippen LogP contribution >= 0.6 is 11.6 Å². The minimum Gasteiger partial charge on any atom is -0.355 e. The summed E-state index contributed by atoms with van der Waals surface area (Å²) in [4.78, 5) is 26.4. The van der Waals surface area contributed by atoms with Gasteiger partial charge in [0.1, 0.15) is 0 Å². The molecule has 6 nitrogen and oxygen atoms in total. The Balaban J connectivity index is 1.39. The van der Waals surface area contributed by atoms with E-state index in [1.165, 1.54) is 6.07 Å². The van der Waals surface area contributed by atoms with E-state index in [-0.39, 0.29) is 18.1 Å². The van der Waals surface area contributed by atoms with E-state index in [0.717, 1.165) is 23.2 Å². The number of nitrogens with one attached hydrogen (secondary N) is 1. The van der Waals surface area contributed by atoms with Crippen molar-refractivity contribution in [3.8, 4) is 11.3 Å². The number of carbonyl (C=O) groups is 2. The molecule has 0 saturated heterocycles. The van der Waals surface area contributed by atoms with Crippen LogP contribution in [0.1, 0.15) is 16.1 Å². The normalized spacial score (nSPS) is 12.7. The van der Waals surface area contributed by atoms with Gasteiger partial charge in [0.05, 0.1) is 6.54 Å². The smallest absolute Gasteiger partial charge is 0.273 e. The van der Waals surface area contributed by atoms with Gasteiger partial charge >= 0.3 is 0 Å². The third-order valence-corrected chi connectivity index (χ3v) is 4.71. The lowest BCUT2D eigenvalue weighted by atomic mass is 10.1. The molecule has 0 spiro atoms. The number of halogens is 1. The number of aromatic nitrogens is 1. The molecule has 3 aromatic rings. The van der Waals surface area contributed by atoms with Gasteiger partial charge in [0.15, 0.2) is 11.5 Å². The zero-order chi connectivity index (χ0) is 18.8. The molecule has 0 aliphatic carbocycles. The fraction of sp³-hybridized carbons (Fsp3) is 0.150. The molecular weight excluding hydrogens is 366 g/mol. The van der Waals surface area contributed by atoms with Gasteiger partial charge in [0, 0.05) is 28.9 Å². The van der Waals surface area contributed by atoms with E-state index < -0.39 is 5.91 Å². The molecule has 136 valence electrons. The molecule has 0 fully saturated rings. The van der Waals surface area contributed by atoms with Crippen molar-refractivity contribution in [2.24, 2.45) is 0 Å². The Hall–Kier alpha value is -3.12. The molecule has 2 aromatic carbocycles. The van der Waals surface area contributed by atoms with Gasteiger partial charge < -0.3 is 14.7 Å². The molecule has 0 bridgehead atoms. The number of rotatable bonds is 4. The molecule has 0 radical (unpaired) electrons. The molecule has 2 heterocycles. The molecule has 0 atom stereocenters.